The van der Waals surface area contributed by atoms with E-state index in [1.807, 2.05) is 12.1 Å². The number of fused-ring (bicyclic) bond motifs is 5. The Morgan fingerprint density at radius 3 is 2.82 bits per heavy atom. The van der Waals surface area contributed by atoms with Gasteiger partial charge in [0.25, 0.3) is 0 Å². The van der Waals surface area contributed by atoms with E-state index < -0.39 is 5.60 Å². The fourth-order valence-corrected chi connectivity index (χ4v) is 5.82. The van der Waals surface area contributed by atoms with Gasteiger partial charge in [-0.2, -0.15) is 0 Å². The first kappa shape index (κ1) is 14.2. The number of phenols is 1. The standard InChI is InChI=1S/C20H24O2/c1-3-20(22)11-9-18-17-6-4-13-12-14(21)5-7-15(13)16(17)8-10-19(18,20)2/h1,5,7,12,16-18,21-22H,4,6,8-11H2,2H3/t16-,17-,18-,19-,20-/m0/s1. The third kappa shape index (κ3) is 1.66. The summed E-state index contributed by atoms with van der Waals surface area (Å²) in [6.45, 7) is 2.22. The zero-order chi connectivity index (χ0) is 15.5. The van der Waals surface area contributed by atoms with Crippen molar-refractivity contribution in [2.45, 2.75) is 57.0 Å². The second-order valence-corrected chi connectivity index (χ2v) is 7.80. The Morgan fingerprint density at radius 2 is 2.05 bits per heavy atom. The maximum Gasteiger partial charge on any atom is 0.130 e. The summed E-state index contributed by atoms with van der Waals surface area (Å²) in [5.41, 5.74) is 1.69. The molecule has 116 valence electrons. The van der Waals surface area contributed by atoms with Gasteiger partial charge in [-0.3, -0.25) is 0 Å². The molecule has 2 N–H and O–H groups in total. The van der Waals surface area contributed by atoms with Gasteiger partial charge in [0.1, 0.15) is 11.4 Å². The molecule has 1 aromatic rings. The van der Waals surface area contributed by atoms with E-state index in [0.717, 1.165) is 38.5 Å². The van der Waals surface area contributed by atoms with E-state index in [2.05, 4.69) is 18.9 Å². The van der Waals surface area contributed by atoms with Gasteiger partial charge in [0.2, 0.25) is 0 Å². The van der Waals surface area contributed by atoms with E-state index in [-0.39, 0.29) is 5.41 Å². The molecule has 0 saturated heterocycles. The predicted octanol–water partition coefficient (Wildman–Crippen LogP) is 3.61. The van der Waals surface area contributed by atoms with E-state index in [1.54, 1.807) is 0 Å². The molecule has 2 heteroatoms. The largest absolute Gasteiger partial charge is 0.508 e. The number of terminal acetylenes is 1. The van der Waals surface area contributed by atoms with E-state index in [0.29, 0.717) is 23.5 Å². The Labute approximate surface area is 132 Å². The van der Waals surface area contributed by atoms with Crippen LogP contribution in [0.5, 0.6) is 5.75 Å². The van der Waals surface area contributed by atoms with Gasteiger partial charge in [-0.25, -0.2) is 0 Å². The van der Waals surface area contributed by atoms with Crippen LogP contribution in [0.3, 0.4) is 0 Å². The van der Waals surface area contributed by atoms with E-state index >= 15 is 0 Å². The highest BCUT2D eigenvalue weighted by atomic mass is 16.3. The topological polar surface area (TPSA) is 40.5 Å². The van der Waals surface area contributed by atoms with Crippen LogP contribution in [0.25, 0.3) is 0 Å². The number of aliphatic hydroxyl groups is 1. The van der Waals surface area contributed by atoms with Crippen LogP contribution >= 0.6 is 0 Å². The summed E-state index contributed by atoms with van der Waals surface area (Å²) in [5, 5.41) is 20.6. The summed E-state index contributed by atoms with van der Waals surface area (Å²) >= 11 is 0. The minimum absolute atomic E-state index is 0.128. The Balaban J connectivity index is 1.72. The molecule has 5 atom stereocenters. The molecule has 2 fully saturated rings. The summed E-state index contributed by atoms with van der Waals surface area (Å²) < 4.78 is 0. The van der Waals surface area contributed by atoms with Crippen LogP contribution in [0.15, 0.2) is 18.2 Å². The van der Waals surface area contributed by atoms with Gasteiger partial charge < -0.3 is 10.2 Å². The minimum atomic E-state index is -0.919. The van der Waals surface area contributed by atoms with Crippen LogP contribution in [-0.2, 0) is 6.42 Å². The van der Waals surface area contributed by atoms with Crippen LogP contribution in [0.1, 0.15) is 56.1 Å². The monoisotopic (exact) mass is 296 g/mol. The molecule has 0 aliphatic heterocycles. The molecule has 3 aliphatic rings. The first-order valence-corrected chi connectivity index (χ1v) is 8.50. The summed E-state index contributed by atoms with van der Waals surface area (Å²) in [6.07, 6.45) is 11.8. The van der Waals surface area contributed by atoms with Gasteiger partial charge in [0.05, 0.1) is 0 Å². The third-order valence-corrected chi connectivity index (χ3v) is 7.10. The normalized spacial score (nSPS) is 42.9. The Hall–Kier alpha value is -1.46. The van der Waals surface area contributed by atoms with Crippen molar-refractivity contribution in [2.24, 2.45) is 17.3 Å². The van der Waals surface area contributed by atoms with Crippen molar-refractivity contribution < 1.29 is 10.2 Å². The molecule has 4 rings (SSSR count). The molecule has 2 nitrogen and oxygen atoms in total. The molecule has 1 aromatic carbocycles. The molecular formula is C20H24O2. The second-order valence-electron chi connectivity index (χ2n) is 7.80. The lowest BCUT2D eigenvalue weighted by Crippen LogP contribution is -2.50. The van der Waals surface area contributed by atoms with Crippen LogP contribution in [-0.4, -0.2) is 15.8 Å². The maximum absolute atomic E-state index is 10.9. The number of aromatic hydroxyl groups is 1. The van der Waals surface area contributed by atoms with E-state index in [4.69, 9.17) is 6.42 Å². The van der Waals surface area contributed by atoms with Gasteiger partial charge in [-0.15, -0.1) is 6.42 Å². The third-order valence-electron chi connectivity index (χ3n) is 7.10. The first-order chi connectivity index (χ1) is 10.5. The number of benzene rings is 1. The summed E-state index contributed by atoms with van der Waals surface area (Å²) in [6, 6.07) is 5.87. The van der Waals surface area contributed by atoms with Gasteiger partial charge >= 0.3 is 0 Å². The van der Waals surface area contributed by atoms with Gasteiger partial charge in [-0.1, -0.05) is 18.9 Å². The molecule has 2 saturated carbocycles. The molecule has 22 heavy (non-hydrogen) atoms. The highest BCUT2D eigenvalue weighted by molar-refractivity contribution is 5.40. The Morgan fingerprint density at radius 1 is 1.23 bits per heavy atom. The number of hydrogen-bond donors (Lipinski definition) is 2. The van der Waals surface area contributed by atoms with Crippen molar-refractivity contribution in [2.75, 3.05) is 0 Å². The maximum atomic E-state index is 10.9. The molecule has 0 radical (unpaired) electrons. The average molecular weight is 296 g/mol. The minimum Gasteiger partial charge on any atom is -0.508 e. The lowest BCUT2D eigenvalue weighted by molar-refractivity contribution is -0.0646. The molecule has 0 unspecified atom stereocenters. The van der Waals surface area contributed by atoms with Crippen molar-refractivity contribution in [1.29, 1.82) is 0 Å². The van der Waals surface area contributed by atoms with Crippen molar-refractivity contribution >= 4 is 0 Å². The number of rotatable bonds is 0. The highest BCUT2D eigenvalue weighted by Gasteiger charge is 2.61. The first-order valence-electron chi connectivity index (χ1n) is 8.50. The van der Waals surface area contributed by atoms with E-state index in [9.17, 15) is 10.2 Å². The Kier molecular flexibility index (Phi) is 2.91. The predicted molar refractivity (Wildman–Crippen MR) is 86.5 cm³/mol. The molecular weight excluding hydrogens is 272 g/mol. The average Bonchev–Trinajstić information content (AvgIpc) is 2.79. The zero-order valence-corrected chi connectivity index (χ0v) is 13.2. The highest BCUT2D eigenvalue weighted by Crippen LogP contribution is 2.64. The summed E-state index contributed by atoms with van der Waals surface area (Å²) in [7, 11) is 0. The number of hydrogen-bond acceptors (Lipinski definition) is 2. The lowest BCUT2D eigenvalue weighted by atomic mass is 9.53. The SMILES string of the molecule is C#C[C@]1(O)CC[C@H]2[C@H]3CCc4cc(O)ccc4[C@@H]3CC[C@@]21C. The van der Waals surface area contributed by atoms with Crippen molar-refractivity contribution in [3.05, 3.63) is 29.3 Å². The molecule has 3 aliphatic carbocycles. The molecule has 0 heterocycles. The second kappa shape index (κ2) is 4.52. The van der Waals surface area contributed by atoms with Crippen LogP contribution < -0.4 is 0 Å². The number of phenolic OH excluding ortho intramolecular Hbond substituents is 1. The summed E-state index contributed by atoms with van der Waals surface area (Å²) in [5.74, 6) is 4.82. The van der Waals surface area contributed by atoms with Crippen LogP contribution in [0.4, 0.5) is 0 Å². The lowest BCUT2D eigenvalue weighted by Gasteiger charge is -2.52. The smallest absolute Gasteiger partial charge is 0.130 e. The van der Waals surface area contributed by atoms with Crippen molar-refractivity contribution in [3.63, 3.8) is 0 Å². The van der Waals surface area contributed by atoms with Gasteiger partial charge in [0, 0.05) is 5.41 Å². The molecule has 0 spiro atoms. The fourth-order valence-electron chi connectivity index (χ4n) is 5.82. The molecule has 0 bridgehead atoms. The zero-order valence-electron chi connectivity index (χ0n) is 13.2. The quantitative estimate of drug-likeness (QED) is 0.718. The summed E-state index contributed by atoms with van der Waals surface area (Å²) in [4.78, 5) is 0. The van der Waals surface area contributed by atoms with E-state index in [1.165, 1.54) is 11.1 Å². The Bertz CT molecular complexity index is 658. The van der Waals surface area contributed by atoms with Crippen molar-refractivity contribution in [1.82, 2.24) is 0 Å². The number of aryl methyl sites for hydroxylation is 1. The van der Waals surface area contributed by atoms with Crippen LogP contribution in [0.2, 0.25) is 0 Å². The fraction of sp³-hybridized carbons (Fsp3) is 0.600. The molecule has 0 amide bonds. The molecule has 0 aromatic heterocycles. The van der Waals surface area contributed by atoms with Gasteiger partial charge in [0.15, 0.2) is 0 Å². The van der Waals surface area contributed by atoms with Crippen LogP contribution in [0, 0.1) is 29.6 Å². The van der Waals surface area contributed by atoms with Crippen molar-refractivity contribution in [3.8, 4) is 18.1 Å². The van der Waals surface area contributed by atoms with Gasteiger partial charge in [-0.05, 0) is 79.5 Å².